The number of hydrogen-bond donors (Lipinski definition) is 1. The number of nitrogens with zero attached hydrogens (tertiary/aromatic N) is 2. The second kappa shape index (κ2) is 18.0. The molecule has 1 saturated carbocycles. The number of alkyl halides is 2. The van der Waals surface area contributed by atoms with Gasteiger partial charge in [-0.25, -0.2) is 4.98 Å². The average molecular weight is 787 g/mol. The monoisotopic (exact) mass is 786 g/mol. The molecule has 15 nitrogen and oxygen atoms in total. The third-order valence-electron chi connectivity index (χ3n) is 8.79. The molecule has 1 N–H and O–H groups in total. The minimum atomic E-state index is -3.05. The Kier molecular flexibility index (Phi) is 13.4. The van der Waals surface area contributed by atoms with Crippen molar-refractivity contribution in [3.05, 3.63) is 77.2 Å². The zero-order valence-corrected chi connectivity index (χ0v) is 31.6. The Balaban J connectivity index is 1.45. The molecule has 5 rings (SSSR count). The summed E-state index contributed by atoms with van der Waals surface area (Å²) in [6.07, 6.45) is -2.54. The minimum Gasteiger partial charge on any atom is -0.487 e. The molecule has 2 fully saturated rings. The van der Waals surface area contributed by atoms with Crippen LogP contribution < -0.4 is 14.2 Å². The number of benzene rings is 1. The van der Waals surface area contributed by atoms with Crippen molar-refractivity contribution in [1.82, 2.24) is 9.97 Å². The highest BCUT2D eigenvalue weighted by atomic mass is 19.3. The van der Waals surface area contributed by atoms with Gasteiger partial charge in [0.2, 0.25) is 18.3 Å². The summed E-state index contributed by atoms with van der Waals surface area (Å²) in [5, 5.41) is 10.5. The lowest BCUT2D eigenvalue weighted by Crippen LogP contribution is -2.63. The van der Waals surface area contributed by atoms with Crippen LogP contribution in [0.15, 0.2) is 54.9 Å². The predicted octanol–water partition coefficient (Wildman–Crippen LogP) is 4.68. The van der Waals surface area contributed by atoms with Crippen molar-refractivity contribution >= 4 is 23.9 Å². The van der Waals surface area contributed by atoms with Crippen LogP contribution >= 0.6 is 0 Å². The minimum absolute atomic E-state index is 0.0124. The topological polar surface area (TPSA) is 188 Å². The Morgan fingerprint density at radius 1 is 0.839 bits per heavy atom. The van der Waals surface area contributed by atoms with Crippen molar-refractivity contribution < 1.29 is 71.0 Å². The van der Waals surface area contributed by atoms with E-state index in [1.807, 2.05) is 6.07 Å². The normalized spacial score (nSPS) is 21.4. The first-order chi connectivity index (χ1) is 26.5. The molecule has 0 spiro atoms. The van der Waals surface area contributed by atoms with Crippen LogP contribution in [0, 0.1) is 0 Å². The molecule has 2 aliphatic rings. The van der Waals surface area contributed by atoms with Gasteiger partial charge >= 0.3 is 30.5 Å². The van der Waals surface area contributed by atoms with E-state index in [1.165, 1.54) is 18.3 Å². The Morgan fingerprint density at radius 2 is 1.50 bits per heavy atom. The number of ether oxygens (including phenoxy) is 8. The van der Waals surface area contributed by atoms with Crippen LogP contribution in [0.1, 0.15) is 82.2 Å². The van der Waals surface area contributed by atoms with Gasteiger partial charge in [0.25, 0.3) is 0 Å². The van der Waals surface area contributed by atoms with Crippen LogP contribution in [0.3, 0.4) is 0 Å². The van der Waals surface area contributed by atoms with Gasteiger partial charge < -0.3 is 43.0 Å². The third-order valence-corrected chi connectivity index (χ3v) is 8.79. The molecule has 56 heavy (non-hydrogen) atoms. The number of rotatable bonds is 16. The molecule has 302 valence electrons. The number of aliphatic hydroxyl groups is 1. The first-order valence-electron chi connectivity index (χ1n) is 17.8. The van der Waals surface area contributed by atoms with Crippen LogP contribution in [0.4, 0.5) is 8.78 Å². The van der Waals surface area contributed by atoms with Crippen molar-refractivity contribution in [3.8, 4) is 17.4 Å². The van der Waals surface area contributed by atoms with E-state index >= 15 is 0 Å². The van der Waals surface area contributed by atoms with E-state index in [2.05, 4.69) is 9.97 Å². The number of hydrogen-bond acceptors (Lipinski definition) is 15. The van der Waals surface area contributed by atoms with Crippen molar-refractivity contribution in [2.45, 2.75) is 115 Å². The molecule has 0 amide bonds. The highest BCUT2D eigenvalue weighted by Gasteiger charge is 2.53. The number of carbonyl (C=O) groups is 4. The zero-order valence-electron chi connectivity index (χ0n) is 31.6. The summed E-state index contributed by atoms with van der Waals surface area (Å²) in [6.45, 7) is 3.51. The predicted molar refractivity (Wildman–Crippen MR) is 189 cm³/mol. The maximum Gasteiger partial charge on any atom is 0.387 e. The van der Waals surface area contributed by atoms with Gasteiger partial charge in [0.05, 0.1) is 25.3 Å². The summed E-state index contributed by atoms with van der Waals surface area (Å²) in [4.78, 5) is 57.7. The molecule has 0 bridgehead atoms. The maximum atomic E-state index is 13.3. The SMILES string of the molecule is COC(=O)CC1O[C@@H](Oc2ccc(C[C@H](c3ccc(C(C)(C)O)nc3)c3ccc(OC(F)F)c(OC4CC4)c3)cn2)C(OC(C)=O)[C@H](OC(C)=O)[C@@H]1OC(C)=O. The third kappa shape index (κ3) is 11.3. The molecule has 1 aliphatic carbocycles. The van der Waals surface area contributed by atoms with Gasteiger partial charge in [0.1, 0.15) is 11.7 Å². The second-order valence-corrected chi connectivity index (χ2v) is 13.9. The molecule has 1 aliphatic heterocycles. The first-order valence-corrected chi connectivity index (χ1v) is 17.8. The summed E-state index contributed by atoms with van der Waals surface area (Å²) >= 11 is 0. The molecule has 3 aromatic rings. The van der Waals surface area contributed by atoms with Crippen molar-refractivity contribution in [2.75, 3.05) is 7.11 Å². The van der Waals surface area contributed by atoms with E-state index in [0.29, 0.717) is 23.2 Å². The fourth-order valence-corrected chi connectivity index (χ4v) is 6.11. The molecule has 1 saturated heterocycles. The van der Waals surface area contributed by atoms with Gasteiger partial charge in [0, 0.05) is 45.1 Å². The molecule has 17 heteroatoms. The smallest absolute Gasteiger partial charge is 0.387 e. The number of carbonyl (C=O) groups excluding carboxylic acids is 4. The number of esters is 4. The van der Waals surface area contributed by atoms with Crippen LogP contribution in [-0.4, -0.2) is 89.5 Å². The van der Waals surface area contributed by atoms with Crippen LogP contribution in [0.5, 0.6) is 17.4 Å². The van der Waals surface area contributed by atoms with Gasteiger partial charge in [-0.1, -0.05) is 18.2 Å². The summed E-state index contributed by atoms with van der Waals surface area (Å²) < 4.78 is 70.4. The van der Waals surface area contributed by atoms with Gasteiger partial charge in [-0.05, 0) is 68.0 Å². The average Bonchev–Trinajstić information content (AvgIpc) is 3.95. The van der Waals surface area contributed by atoms with Crippen molar-refractivity contribution in [1.29, 1.82) is 0 Å². The summed E-state index contributed by atoms with van der Waals surface area (Å²) in [7, 11) is 1.15. The van der Waals surface area contributed by atoms with Gasteiger partial charge in [-0.15, -0.1) is 0 Å². The molecule has 3 heterocycles. The molecule has 2 aromatic heterocycles. The maximum absolute atomic E-state index is 13.3. The highest BCUT2D eigenvalue weighted by molar-refractivity contribution is 5.71. The summed E-state index contributed by atoms with van der Waals surface area (Å²) in [6, 6.07) is 11.5. The van der Waals surface area contributed by atoms with Gasteiger partial charge in [-0.3, -0.25) is 24.2 Å². The summed E-state index contributed by atoms with van der Waals surface area (Å²) in [5.41, 5.74) is 1.40. The molecule has 1 aromatic carbocycles. The first kappa shape index (κ1) is 41.7. The Hall–Kier alpha value is -5.42. The van der Waals surface area contributed by atoms with E-state index in [1.54, 1.807) is 44.3 Å². The number of pyridine rings is 2. The fraction of sp³-hybridized carbons (Fsp3) is 0.487. The lowest BCUT2D eigenvalue weighted by Gasteiger charge is -2.43. The van der Waals surface area contributed by atoms with E-state index in [4.69, 9.17) is 37.9 Å². The van der Waals surface area contributed by atoms with E-state index in [9.17, 15) is 33.1 Å². The highest BCUT2D eigenvalue weighted by Crippen LogP contribution is 2.39. The van der Waals surface area contributed by atoms with Crippen LogP contribution in [0.2, 0.25) is 0 Å². The Morgan fingerprint density at radius 3 is 2.05 bits per heavy atom. The number of aromatic nitrogens is 2. The van der Waals surface area contributed by atoms with E-state index < -0.39 is 79.1 Å². The van der Waals surface area contributed by atoms with E-state index in [0.717, 1.165) is 46.3 Å². The van der Waals surface area contributed by atoms with Crippen LogP contribution in [0.25, 0.3) is 0 Å². The van der Waals surface area contributed by atoms with E-state index in [-0.39, 0.29) is 23.5 Å². The lowest BCUT2D eigenvalue weighted by molar-refractivity contribution is -0.284. The van der Waals surface area contributed by atoms with Crippen molar-refractivity contribution in [3.63, 3.8) is 0 Å². The largest absolute Gasteiger partial charge is 0.487 e. The molecule has 2 unspecified atom stereocenters. The second-order valence-electron chi connectivity index (χ2n) is 13.9. The number of methoxy groups -OCH3 is 1. The Bertz CT molecular complexity index is 1850. The fourth-order valence-electron chi connectivity index (χ4n) is 6.11. The lowest BCUT2D eigenvalue weighted by atomic mass is 9.86. The molecular weight excluding hydrogens is 742 g/mol. The van der Waals surface area contributed by atoms with Gasteiger partial charge in [0.15, 0.2) is 23.7 Å². The molecular formula is C39H44F2N2O13. The van der Waals surface area contributed by atoms with Crippen molar-refractivity contribution in [2.24, 2.45) is 0 Å². The molecule has 0 radical (unpaired) electrons. The quantitative estimate of drug-likeness (QED) is 0.156. The summed E-state index contributed by atoms with van der Waals surface area (Å²) in [5.74, 6) is -3.44. The van der Waals surface area contributed by atoms with Crippen LogP contribution in [-0.2, 0) is 54.9 Å². The standard InChI is InChI=1S/C39H44F2N2O13/c1-20(44)50-34-30(17-33(47)49-6)54-37(36(52-22(3)46)35(34)51-21(2)45)56-32-14-7-23(18-43-32)15-27(25-9-13-31(42-19-25)39(4,5)48)24-8-12-28(55-38(40)41)29(16-24)53-26-10-11-26/h7-9,12-14,16,18-19,26-27,30,34-38,48H,10-11,15,17H2,1-6H3/t27-,30?,34+,35+,36?,37-/m0/s1. The van der Waals surface area contributed by atoms with Gasteiger partial charge in [-0.2, -0.15) is 8.78 Å². The Labute approximate surface area is 321 Å². The number of halogens is 2. The molecule has 6 atom stereocenters. The zero-order chi connectivity index (χ0) is 40.7.